The molecule has 1 heterocycles. The lowest BCUT2D eigenvalue weighted by Gasteiger charge is -2.64. The molecule has 0 aromatic carbocycles. The smallest absolute Gasteiger partial charge is 0.103 e. The Morgan fingerprint density at radius 3 is 2.66 bits per heavy atom. The molecule has 0 bridgehead atoms. The van der Waals surface area contributed by atoms with Gasteiger partial charge in [0.05, 0.1) is 17.9 Å². The van der Waals surface area contributed by atoms with Crippen molar-refractivity contribution in [2.75, 3.05) is 13.2 Å². The van der Waals surface area contributed by atoms with E-state index in [1.807, 2.05) is 12.3 Å². The van der Waals surface area contributed by atoms with Crippen LogP contribution in [0.1, 0.15) is 83.6 Å². The number of nitrogens with zero attached hydrogens (tertiary/aromatic N) is 2. The first-order chi connectivity index (χ1) is 15.3. The van der Waals surface area contributed by atoms with Crippen LogP contribution in [0.25, 0.3) is 0 Å². The molecule has 0 saturated heterocycles. The Bertz CT molecular complexity index is 824. The van der Waals surface area contributed by atoms with E-state index >= 15 is 0 Å². The molecule has 178 valence electrons. The Hall–Kier alpha value is -1.08. The fraction of sp³-hybridized carbons (Fsp3) is 0.846. The summed E-state index contributed by atoms with van der Waals surface area (Å²) in [5.41, 5.74) is 5.37. The van der Waals surface area contributed by atoms with Crippen molar-refractivity contribution < 1.29 is 14.9 Å². The van der Waals surface area contributed by atoms with Crippen LogP contribution in [0.3, 0.4) is 0 Å². The first-order valence-electron chi connectivity index (χ1n) is 12.8. The number of hydrogen-bond acceptors (Lipinski definition) is 6. The summed E-state index contributed by atoms with van der Waals surface area (Å²) in [6.45, 7) is 5.93. The summed E-state index contributed by atoms with van der Waals surface area (Å²) in [4.78, 5) is 0. The number of aliphatic hydroxyl groups excluding tert-OH is 1. The summed E-state index contributed by atoms with van der Waals surface area (Å²) in [5.74, 6) is 1.38. The monoisotopic (exact) mass is 443 g/mol. The van der Waals surface area contributed by atoms with E-state index in [1.165, 1.54) is 0 Å². The number of ether oxygens (including phenoxy) is 1. The molecule has 0 unspecified atom stereocenters. The molecular formula is C26H41N3O3. The Balaban J connectivity index is 1.52. The van der Waals surface area contributed by atoms with E-state index in [4.69, 9.17) is 10.5 Å². The van der Waals surface area contributed by atoms with Crippen LogP contribution in [-0.2, 0) is 10.3 Å². The second kappa shape index (κ2) is 8.00. The van der Waals surface area contributed by atoms with Crippen molar-refractivity contribution in [3.8, 4) is 0 Å². The van der Waals surface area contributed by atoms with Gasteiger partial charge in [-0.3, -0.25) is 0 Å². The molecule has 4 saturated carbocycles. The molecule has 5 rings (SSSR count). The van der Waals surface area contributed by atoms with Gasteiger partial charge in [0.25, 0.3) is 0 Å². The van der Waals surface area contributed by atoms with Gasteiger partial charge in [0.1, 0.15) is 5.60 Å². The molecule has 4 N–H and O–H groups in total. The van der Waals surface area contributed by atoms with Gasteiger partial charge >= 0.3 is 0 Å². The first-order valence-corrected chi connectivity index (χ1v) is 12.8. The van der Waals surface area contributed by atoms with Gasteiger partial charge in [0.15, 0.2) is 0 Å². The summed E-state index contributed by atoms with van der Waals surface area (Å²) in [7, 11) is 0. The Morgan fingerprint density at radius 2 is 1.91 bits per heavy atom. The lowest BCUT2D eigenvalue weighted by Crippen LogP contribution is -2.65. The fourth-order valence-electron chi connectivity index (χ4n) is 8.84. The van der Waals surface area contributed by atoms with Crippen LogP contribution >= 0.6 is 0 Å². The van der Waals surface area contributed by atoms with E-state index in [0.717, 1.165) is 69.8 Å². The predicted molar refractivity (Wildman–Crippen MR) is 123 cm³/mol. The van der Waals surface area contributed by atoms with Gasteiger partial charge in [-0.15, -0.1) is 0 Å². The van der Waals surface area contributed by atoms with Crippen molar-refractivity contribution in [1.82, 2.24) is 10.2 Å². The minimum absolute atomic E-state index is 0.143. The third kappa shape index (κ3) is 2.98. The summed E-state index contributed by atoms with van der Waals surface area (Å²) < 4.78 is 6.74. The molecule has 4 aliphatic rings. The van der Waals surface area contributed by atoms with Crippen molar-refractivity contribution in [2.24, 2.45) is 34.3 Å². The molecule has 0 aliphatic heterocycles. The Kier molecular flexibility index (Phi) is 5.68. The second-order valence-corrected chi connectivity index (χ2v) is 11.7. The number of fused-ring (bicyclic) bond motifs is 5. The Labute approximate surface area is 192 Å². The van der Waals surface area contributed by atoms with Crippen LogP contribution in [0.4, 0.5) is 0 Å². The van der Waals surface area contributed by atoms with Crippen LogP contribution in [0.2, 0.25) is 0 Å². The number of rotatable bonds is 5. The second-order valence-electron chi connectivity index (χ2n) is 11.7. The van der Waals surface area contributed by atoms with Crippen molar-refractivity contribution >= 4 is 0 Å². The van der Waals surface area contributed by atoms with Gasteiger partial charge in [0, 0.05) is 23.8 Å². The minimum atomic E-state index is -0.758. The molecule has 0 spiro atoms. The number of hydrogen-bond donors (Lipinski definition) is 3. The highest BCUT2D eigenvalue weighted by Crippen LogP contribution is 2.72. The number of aromatic nitrogens is 2. The van der Waals surface area contributed by atoms with Crippen LogP contribution in [0, 0.1) is 28.6 Å². The van der Waals surface area contributed by atoms with E-state index in [-0.39, 0.29) is 22.9 Å². The highest BCUT2D eigenvalue weighted by Gasteiger charge is 2.72. The molecule has 1 aromatic heterocycles. The van der Waals surface area contributed by atoms with E-state index in [2.05, 4.69) is 24.0 Å². The predicted octanol–water partition coefficient (Wildman–Crippen LogP) is 3.56. The van der Waals surface area contributed by atoms with Gasteiger partial charge < -0.3 is 20.7 Å². The lowest BCUT2D eigenvalue weighted by atomic mass is 9.43. The average Bonchev–Trinajstić information content (AvgIpc) is 3.03. The van der Waals surface area contributed by atoms with E-state index in [9.17, 15) is 10.2 Å². The minimum Gasteiger partial charge on any atom is -0.393 e. The van der Waals surface area contributed by atoms with E-state index in [0.29, 0.717) is 25.0 Å². The fourth-order valence-corrected chi connectivity index (χ4v) is 8.84. The topological polar surface area (TPSA) is 101 Å². The van der Waals surface area contributed by atoms with Gasteiger partial charge in [-0.1, -0.05) is 13.8 Å². The molecule has 0 radical (unpaired) electrons. The summed E-state index contributed by atoms with van der Waals surface area (Å²) in [5, 5.41) is 31.1. The molecule has 4 aliphatic carbocycles. The zero-order valence-electron chi connectivity index (χ0n) is 19.8. The maximum absolute atomic E-state index is 12.6. The first kappa shape index (κ1) is 22.7. The highest BCUT2D eigenvalue weighted by molar-refractivity contribution is 5.31. The maximum Gasteiger partial charge on any atom is 0.103 e. The normalized spacial score (nSPS) is 48.0. The lowest BCUT2D eigenvalue weighted by molar-refractivity contribution is -0.248. The third-order valence-corrected chi connectivity index (χ3v) is 10.7. The van der Waals surface area contributed by atoms with Crippen LogP contribution in [0.15, 0.2) is 18.5 Å². The summed E-state index contributed by atoms with van der Waals surface area (Å²) in [6, 6.07) is 2.03. The third-order valence-electron chi connectivity index (χ3n) is 10.7. The standard InChI is InChI=1S/C26H41N3O3/c1-23-9-6-20(30)16-18(23)4-5-22-21(23)7-10-24(2)25(22,31)11-12-26(24,32-15-3-13-27)19-8-14-28-29-17-19/h8,14,17-18,20-22,30-31H,3-7,9-13,15-16,27H2,1-2H3/t18-,20+,21+,22-,23+,24+,25+,26+/m1/s1. The van der Waals surface area contributed by atoms with Crippen molar-refractivity contribution in [3.63, 3.8) is 0 Å². The van der Waals surface area contributed by atoms with Crippen molar-refractivity contribution in [2.45, 2.75) is 95.4 Å². The highest BCUT2D eigenvalue weighted by atomic mass is 16.5. The molecule has 6 nitrogen and oxygen atoms in total. The van der Waals surface area contributed by atoms with Gasteiger partial charge in [0.2, 0.25) is 0 Å². The SMILES string of the molecule is C[C@]12CC[C@H](O)C[C@H]1CC[C@@H]1[C@@H]2CC[C@]2(C)[C@@](OCCCN)(c3ccnnc3)CC[C@]12O. The maximum atomic E-state index is 12.6. The summed E-state index contributed by atoms with van der Waals surface area (Å²) in [6.07, 6.45) is 13.0. The van der Waals surface area contributed by atoms with Crippen LogP contribution < -0.4 is 5.73 Å². The molecule has 1 aromatic rings. The van der Waals surface area contributed by atoms with Crippen LogP contribution in [0.5, 0.6) is 0 Å². The van der Waals surface area contributed by atoms with Gasteiger partial charge in [-0.25, -0.2) is 0 Å². The van der Waals surface area contributed by atoms with Crippen molar-refractivity contribution in [3.05, 3.63) is 24.0 Å². The van der Waals surface area contributed by atoms with Gasteiger partial charge in [-0.2, -0.15) is 10.2 Å². The van der Waals surface area contributed by atoms with Crippen LogP contribution in [-0.4, -0.2) is 45.3 Å². The van der Waals surface area contributed by atoms with E-state index < -0.39 is 11.2 Å². The molecule has 6 heteroatoms. The average molecular weight is 444 g/mol. The molecule has 0 amide bonds. The summed E-state index contributed by atoms with van der Waals surface area (Å²) >= 11 is 0. The van der Waals surface area contributed by atoms with Gasteiger partial charge in [-0.05, 0) is 100.0 Å². The van der Waals surface area contributed by atoms with Crippen molar-refractivity contribution in [1.29, 1.82) is 0 Å². The zero-order chi connectivity index (χ0) is 22.6. The zero-order valence-corrected chi connectivity index (χ0v) is 19.8. The molecule has 4 fully saturated rings. The quantitative estimate of drug-likeness (QED) is 0.602. The number of nitrogens with two attached hydrogens (primary N) is 1. The molecule has 32 heavy (non-hydrogen) atoms. The molecule has 8 atom stereocenters. The Morgan fingerprint density at radius 1 is 1.06 bits per heavy atom. The van der Waals surface area contributed by atoms with E-state index in [1.54, 1.807) is 6.20 Å². The largest absolute Gasteiger partial charge is 0.393 e. The molecular weight excluding hydrogens is 402 g/mol. The number of aliphatic hydroxyl groups is 2.